The number of nitrogens with zero attached hydrogens (tertiary/aromatic N) is 2. The van der Waals surface area contributed by atoms with Crippen molar-refractivity contribution < 1.29 is 14.9 Å². The molecule has 0 saturated carbocycles. The number of rotatable bonds is 2. The second-order valence-electron chi connectivity index (χ2n) is 4.48. The van der Waals surface area contributed by atoms with E-state index in [1.54, 1.807) is 6.92 Å². The van der Waals surface area contributed by atoms with Crippen LogP contribution in [0.2, 0.25) is 0 Å². The van der Waals surface area contributed by atoms with Crippen molar-refractivity contribution in [2.75, 3.05) is 6.61 Å². The van der Waals surface area contributed by atoms with E-state index in [1.165, 1.54) is 17.8 Å². The Morgan fingerprint density at radius 2 is 2.17 bits per heavy atom. The van der Waals surface area contributed by atoms with E-state index in [9.17, 15) is 14.7 Å². The summed E-state index contributed by atoms with van der Waals surface area (Å²) in [5, 5.41) is 18.6. The fraction of sp³-hybridized carbons (Fsp3) is 0.636. The summed E-state index contributed by atoms with van der Waals surface area (Å²) < 4.78 is 7.66. The molecule has 0 bridgehead atoms. The summed E-state index contributed by atoms with van der Waals surface area (Å²) in [6.45, 7) is 1.30. The Balaban J connectivity index is 2.42. The van der Waals surface area contributed by atoms with E-state index in [2.05, 4.69) is 0 Å². The normalized spacial score (nSPS) is 27.7. The zero-order valence-corrected chi connectivity index (χ0v) is 10.2. The molecule has 100 valence electrons. The summed E-state index contributed by atoms with van der Waals surface area (Å²) in [7, 11) is 1.39. The van der Waals surface area contributed by atoms with E-state index in [1.807, 2.05) is 0 Å². The third kappa shape index (κ3) is 2.00. The maximum atomic E-state index is 11.9. The first kappa shape index (κ1) is 13.0. The molecule has 1 aromatic rings. The topological polar surface area (TPSA) is 93.7 Å². The lowest BCUT2D eigenvalue weighted by atomic mass is 10.2. The van der Waals surface area contributed by atoms with E-state index in [0.29, 0.717) is 5.56 Å². The van der Waals surface area contributed by atoms with Crippen molar-refractivity contribution in [2.24, 2.45) is 7.05 Å². The highest BCUT2D eigenvalue weighted by molar-refractivity contribution is 5.03. The van der Waals surface area contributed by atoms with E-state index in [-0.39, 0.29) is 18.6 Å². The Kier molecular flexibility index (Phi) is 3.38. The summed E-state index contributed by atoms with van der Waals surface area (Å²) in [5.41, 5.74) is -0.433. The Hall–Kier alpha value is -1.44. The maximum Gasteiger partial charge on any atom is 0.332 e. The molecule has 0 spiro atoms. The Bertz CT molecular complexity index is 562. The van der Waals surface area contributed by atoms with Crippen LogP contribution in [0.1, 0.15) is 18.2 Å². The molecule has 0 aromatic carbocycles. The predicted octanol–water partition coefficient (Wildman–Crippen LogP) is -1.50. The van der Waals surface area contributed by atoms with Crippen LogP contribution in [0.4, 0.5) is 0 Å². The molecule has 0 unspecified atom stereocenters. The fourth-order valence-electron chi connectivity index (χ4n) is 2.10. The van der Waals surface area contributed by atoms with E-state index in [0.717, 1.165) is 4.57 Å². The van der Waals surface area contributed by atoms with Gasteiger partial charge in [-0.2, -0.15) is 0 Å². The van der Waals surface area contributed by atoms with Gasteiger partial charge in [0.25, 0.3) is 5.56 Å². The summed E-state index contributed by atoms with van der Waals surface area (Å²) >= 11 is 0. The van der Waals surface area contributed by atoms with Gasteiger partial charge in [0, 0.05) is 25.2 Å². The molecule has 0 aliphatic carbocycles. The number of hydrogen-bond acceptors (Lipinski definition) is 5. The summed E-state index contributed by atoms with van der Waals surface area (Å²) in [5.74, 6) is 0. The lowest BCUT2D eigenvalue weighted by molar-refractivity contribution is -0.0463. The third-order valence-corrected chi connectivity index (χ3v) is 3.18. The van der Waals surface area contributed by atoms with Gasteiger partial charge in [0.15, 0.2) is 0 Å². The van der Waals surface area contributed by atoms with Crippen LogP contribution in [-0.2, 0) is 11.8 Å². The molecular weight excluding hydrogens is 240 g/mol. The van der Waals surface area contributed by atoms with Crippen LogP contribution < -0.4 is 11.2 Å². The SMILES string of the molecule is Cc1cn([C@H]2C[C@H](O)[C@H](CO)O2)c(=O)n(C)c1=O. The van der Waals surface area contributed by atoms with Crippen molar-refractivity contribution in [1.82, 2.24) is 9.13 Å². The van der Waals surface area contributed by atoms with Crippen LogP contribution in [0.5, 0.6) is 0 Å². The largest absolute Gasteiger partial charge is 0.394 e. The average Bonchev–Trinajstić information content (AvgIpc) is 2.72. The molecule has 2 heterocycles. The van der Waals surface area contributed by atoms with Gasteiger partial charge >= 0.3 is 5.69 Å². The number of aromatic nitrogens is 2. The second-order valence-corrected chi connectivity index (χ2v) is 4.48. The van der Waals surface area contributed by atoms with Gasteiger partial charge in [0.05, 0.1) is 12.7 Å². The molecule has 0 radical (unpaired) electrons. The standard InChI is InChI=1S/C11H16N2O5/c1-6-4-13(11(17)12(2)10(6)16)9-3-7(15)8(5-14)18-9/h4,7-9,14-15H,3,5H2,1-2H3/t7-,8-,9+/m0/s1. The molecule has 7 nitrogen and oxygen atoms in total. The quantitative estimate of drug-likeness (QED) is 0.671. The van der Waals surface area contributed by atoms with Gasteiger partial charge < -0.3 is 14.9 Å². The van der Waals surface area contributed by atoms with Gasteiger partial charge in [-0.05, 0) is 6.92 Å². The molecule has 1 aliphatic heterocycles. The molecule has 2 rings (SSSR count). The number of ether oxygens (including phenoxy) is 1. The molecule has 18 heavy (non-hydrogen) atoms. The number of aryl methyl sites for hydroxylation is 1. The number of aliphatic hydroxyl groups is 2. The van der Waals surface area contributed by atoms with Crippen LogP contribution in [0.3, 0.4) is 0 Å². The van der Waals surface area contributed by atoms with Crippen molar-refractivity contribution in [2.45, 2.75) is 31.8 Å². The first-order valence-electron chi connectivity index (χ1n) is 5.69. The molecule has 2 N–H and O–H groups in total. The van der Waals surface area contributed by atoms with Crippen LogP contribution in [0.15, 0.2) is 15.8 Å². The summed E-state index contributed by atoms with van der Waals surface area (Å²) in [4.78, 5) is 23.5. The predicted molar refractivity (Wildman–Crippen MR) is 62.3 cm³/mol. The van der Waals surface area contributed by atoms with Crippen molar-refractivity contribution in [1.29, 1.82) is 0 Å². The van der Waals surface area contributed by atoms with Gasteiger partial charge in [-0.1, -0.05) is 0 Å². The monoisotopic (exact) mass is 256 g/mol. The second kappa shape index (κ2) is 4.68. The highest BCUT2D eigenvalue weighted by Crippen LogP contribution is 2.27. The summed E-state index contributed by atoms with van der Waals surface area (Å²) in [6, 6.07) is 0. The number of hydrogen-bond donors (Lipinski definition) is 2. The first-order chi connectivity index (χ1) is 8.45. The van der Waals surface area contributed by atoms with Gasteiger partial charge in [0.1, 0.15) is 12.3 Å². The lowest BCUT2D eigenvalue weighted by Gasteiger charge is -2.16. The summed E-state index contributed by atoms with van der Waals surface area (Å²) in [6.07, 6.45) is -0.538. The lowest BCUT2D eigenvalue weighted by Crippen LogP contribution is -2.40. The molecule has 3 atom stereocenters. The van der Waals surface area contributed by atoms with Crippen LogP contribution >= 0.6 is 0 Å². The van der Waals surface area contributed by atoms with E-state index < -0.39 is 24.1 Å². The minimum atomic E-state index is -0.815. The molecule has 0 amide bonds. The van der Waals surface area contributed by atoms with Gasteiger partial charge in [-0.25, -0.2) is 4.79 Å². The minimum absolute atomic E-state index is 0.211. The molecular formula is C11H16N2O5. The van der Waals surface area contributed by atoms with Crippen LogP contribution in [-0.4, -0.2) is 38.2 Å². The first-order valence-corrected chi connectivity index (χ1v) is 5.69. The third-order valence-electron chi connectivity index (χ3n) is 3.18. The highest BCUT2D eigenvalue weighted by Gasteiger charge is 2.35. The van der Waals surface area contributed by atoms with Crippen LogP contribution in [0, 0.1) is 6.92 Å². The zero-order chi connectivity index (χ0) is 13.4. The molecule has 1 saturated heterocycles. The molecule has 1 aliphatic rings. The van der Waals surface area contributed by atoms with Gasteiger partial charge in [-0.15, -0.1) is 0 Å². The minimum Gasteiger partial charge on any atom is -0.394 e. The van der Waals surface area contributed by atoms with Crippen molar-refractivity contribution >= 4 is 0 Å². The zero-order valence-electron chi connectivity index (χ0n) is 10.2. The molecule has 1 aromatic heterocycles. The van der Waals surface area contributed by atoms with Crippen molar-refractivity contribution in [3.8, 4) is 0 Å². The molecule has 7 heteroatoms. The average molecular weight is 256 g/mol. The number of aliphatic hydroxyl groups excluding tert-OH is 2. The highest BCUT2D eigenvalue weighted by atomic mass is 16.5. The van der Waals surface area contributed by atoms with Crippen molar-refractivity contribution in [3.05, 3.63) is 32.6 Å². The van der Waals surface area contributed by atoms with Gasteiger partial charge in [0.2, 0.25) is 0 Å². The Morgan fingerprint density at radius 3 is 2.72 bits per heavy atom. The Morgan fingerprint density at radius 1 is 1.50 bits per heavy atom. The van der Waals surface area contributed by atoms with E-state index in [4.69, 9.17) is 9.84 Å². The van der Waals surface area contributed by atoms with E-state index >= 15 is 0 Å². The fourth-order valence-corrected chi connectivity index (χ4v) is 2.10. The van der Waals surface area contributed by atoms with Crippen LogP contribution in [0.25, 0.3) is 0 Å². The smallest absolute Gasteiger partial charge is 0.332 e. The van der Waals surface area contributed by atoms with Gasteiger partial charge in [-0.3, -0.25) is 13.9 Å². The Labute approximate surface area is 103 Å². The molecule has 1 fully saturated rings. The maximum absolute atomic E-state index is 11.9. The van der Waals surface area contributed by atoms with Crippen molar-refractivity contribution in [3.63, 3.8) is 0 Å².